The van der Waals surface area contributed by atoms with E-state index in [-0.39, 0.29) is 0 Å². The predicted molar refractivity (Wildman–Crippen MR) is 46.1 cm³/mol. The van der Waals surface area contributed by atoms with Crippen LogP contribution in [0.1, 0.15) is 26.7 Å². The lowest BCUT2D eigenvalue weighted by atomic mass is 10.2. The molecule has 0 aromatic carbocycles. The Morgan fingerprint density at radius 2 is 2.10 bits per heavy atom. The molecule has 2 N–H and O–H groups in total. The highest BCUT2D eigenvalue weighted by molar-refractivity contribution is 4.62. The summed E-state index contributed by atoms with van der Waals surface area (Å²) in [5.74, 6) is 0. The van der Waals surface area contributed by atoms with E-state index in [1.54, 1.807) is 0 Å². The van der Waals surface area contributed by atoms with Gasteiger partial charge in [-0.15, -0.1) is 0 Å². The maximum Gasteiger partial charge on any atom is 0.0187 e. The van der Waals surface area contributed by atoms with Gasteiger partial charge in [0.15, 0.2) is 0 Å². The number of unbranched alkanes of at least 4 members (excludes halogenated alkanes) is 1. The molecule has 0 rings (SSSR count). The van der Waals surface area contributed by atoms with Gasteiger partial charge in [-0.3, -0.25) is 0 Å². The summed E-state index contributed by atoms with van der Waals surface area (Å²) in [7, 11) is 2.13. The lowest BCUT2D eigenvalue weighted by molar-refractivity contribution is 0.259. The summed E-state index contributed by atoms with van der Waals surface area (Å²) in [6.45, 7) is 6.31. The molecule has 0 aliphatic heterocycles. The average Bonchev–Trinajstić information content (AvgIpc) is 1.98. The quantitative estimate of drug-likeness (QED) is 0.625. The van der Waals surface area contributed by atoms with Crippen LogP contribution in [0.15, 0.2) is 0 Å². The molecule has 0 amide bonds. The van der Waals surface area contributed by atoms with E-state index in [4.69, 9.17) is 5.73 Å². The number of hydrogen-bond acceptors (Lipinski definition) is 2. The Balaban J connectivity index is 3.31. The van der Waals surface area contributed by atoms with E-state index in [2.05, 4.69) is 25.8 Å². The number of nitrogens with zero attached hydrogens (tertiary/aromatic N) is 1. The molecule has 10 heavy (non-hydrogen) atoms. The molecule has 2 nitrogen and oxygen atoms in total. The Labute approximate surface area is 64.4 Å². The molecular weight excluding hydrogens is 124 g/mol. The van der Waals surface area contributed by atoms with Crippen molar-refractivity contribution in [3.05, 3.63) is 0 Å². The van der Waals surface area contributed by atoms with Crippen molar-refractivity contribution in [3.8, 4) is 0 Å². The van der Waals surface area contributed by atoms with E-state index in [0.717, 1.165) is 6.54 Å². The molecule has 0 bridgehead atoms. The van der Waals surface area contributed by atoms with Crippen molar-refractivity contribution in [1.29, 1.82) is 0 Å². The molecule has 0 aromatic rings. The standard InChI is InChI=1S/C8H20N2/c1-4-5-6-10(3)8(2)7-9/h8H,4-7,9H2,1-3H3. The highest BCUT2D eigenvalue weighted by atomic mass is 15.1. The van der Waals surface area contributed by atoms with Crippen LogP contribution in [0.25, 0.3) is 0 Å². The summed E-state index contributed by atoms with van der Waals surface area (Å²) in [4.78, 5) is 2.31. The minimum atomic E-state index is 0.534. The van der Waals surface area contributed by atoms with Crippen LogP contribution < -0.4 is 5.73 Å². The van der Waals surface area contributed by atoms with Crippen LogP contribution in [0.4, 0.5) is 0 Å². The second kappa shape index (κ2) is 5.69. The third-order valence-corrected chi connectivity index (χ3v) is 1.96. The molecule has 0 aliphatic carbocycles. The first-order chi connectivity index (χ1) is 4.72. The van der Waals surface area contributed by atoms with Crippen molar-refractivity contribution in [2.24, 2.45) is 5.73 Å². The van der Waals surface area contributed by atoms with Crippen LogP contribution in [0.5, 0.6) is 0 Å². The van der Waals surface area contributed by atoms with Gasteiger partial charge in [-0.25, -0.2) is 0 Å². The van der Waals surface area contributed by atoms with Crippen molar-refractivity contribution in [2.75, 3.05) is 20.1 Å². The monoisotopic (exact) mass is 144 g/mol. The van der Waals surface area contributed by atoms with Crippen LogP contribution in [-0.2, 0) is 0 Å². The fourth-order valence-electron chi connectivity index (χ4n) is 0.808. The molecule has 0 saturated carbocycles. The van der Waals surface area contributed by atoms with Gasteiger partial charge < -0.3 is 10.6 Å². The number of rotatable bonds is 5. The topological polar surface area (TPSA) is 29.3 Å². The van der Waals surface area contributed by atoms with E-state index >= 15 is 0 Å². The zero-order valence-electron chi connectivity index (χ0n) is 7.43. The largest absolute Gasteiger partial charge is 0.329 e. The second-order valence-electron chi connectivity index (χ2n) is 2.92. The first-order valence-corrected chi connectivity index (χ1v) is 4.12. The first kappa shape index (κ1) is 9.92. The first-order valence-electron chi connectivity index (χ1n) is 4.12. The van der Waals surface area contributed by atoms with Crippen molar-refractivity contribution in [3.63, 3.8) is 0 Å². The van der Waals surface area contributed by atoms with E-state index in [1.165, 1.54) is 19.4 Å². The van der Waals surface area contributed by atoms with Crippen molar-refractivity contribution in [1.82, 2.24) is 4.90 Å². The van der Waals surface area contributed by atoms with Crippen molar-refractivity contribution < 1.29 is 0 Å². The van der Waals surface area contributed by atoms with E-state index < -0.39 is 0 Å². The molecule has 0 aromatic heterocycles. The third-order valence-electron chi connectivity index (χ3n) is 1.96. The molecule has 1 atom stereocenters. The van der Waals surface area contributed by atoms with Gasteiger partial charge in [-0.2, -0.15) is 0 Å². The van der Waals surface area contributed by atoms with Crippen LogP contribution in [-0.4, -0.2) is 31.1 Å². The molecule has 0 aliphatic rings. The van der Waals surface area contributed by atoms with Crippen LogP contribution in [0.2, 0.25) is 0 Å². The zero-order chi connectivity index (χ0) is 7.98. The van der Waals surface area contributed by atoms with Gasteiger partial charge in [0.25, 0.3) is 0 Å². The third kappa shape index (κ3) is 3.85. The van der Waals surface area contributed by atoms with Crippen LogP contribution in [0.3, 0.4) is 0 Å². The van der Waals surface area contributed by atoms with Crippen molar-refractivity contribution >= 4 is 0 Å². The van der Waals surface area contributed by atoms with E-state index in [0.29, 0.717) is 6.04 Å². The summed E-state index contributed by atoms with van der Waals surface area (Å²) in [5, 5.41) is 0. The molecule has 1 unspecified atom stereocenters. The van der Waals surface area contributed by atoms with Gasteiger partial charge in [0.2, 0.25) is 0 Å². The summed E-state index contributed by atoms with van der Waals surface area (Å²) < 4.78 is 0. The molecule has 0 fully saturated rings. The molecule has 2 heteroatoms. The summed E-state index contributed by atoms with van der Waals surface area (Å²) in [6.07, 6.45) is 2.54. The van der Waals surface area contributed by atoms with Crippen LogP contribution >= 0.6 is 0 Å². The Morgan fingerprint density at radius 1 is 1.50 bits per heavy atom. The molecule has 0 spiro atoms. The van der Waals surface area contributed by atoms with Gasteiger partial charge in [0.1, 0.15) is 0 Å². The molecule has 0 radical (unpaired) electrons. The van der Waals surface area contributed by atoms with E-state index in [9.17, 15) is 0 Å². The highest BCUT2D eigenvalue weighted by Crippen LogP contribution is 1.96. The van der Waals surface area contributed by atoms with Gasteiger partial charge in [-0.05, 0) is 26.9 Å². The maximum atomic E-state index is 5.50. The SMILES string of the molecule is CCCCN(C)C(C)CN. The smallest absolute Gasteiger partial charge is 0.0187 e. The zero-order valence-corrected chi connectivity index (χ0v) is 7.43. The fraction of sp³-hybridized carbons (Fsp3) is 1.00. The Morgan fingerprint density at radius 3 is 2.50 bits per heavy atom. The summed E-state index contributed by atoms with van der Waals surface area (Å²) >= 11 is 0. The van der Waals surface area contributed by atoms with Gasteiger partial charge >= 0.3 is 0 Å². The number of likely N-dealkylation sites (N-methyl/N-ethyl adjacent to an activating group) is 1. The fourth-order valence-corrected chi connectivity index (χ4v) is 0.808. The Bertz CT molecular complexity index is 73.7. The molecular formula is C8H20N2. The molecule has 62 valence electrons. The summed E-state index contributed by atoms with van der Waals surface area (Å²) in [5.41, 5.74) is 5.50. The van der Waals surface area contributed by atoms with Gasteiger partial charge in [0, 0.05) is 12.6 Å². The van der Waals surface area contributed by atoms with E-state index in [1.807, 2.05) is 0 Å². The average molecular weight is 144 g/mol. The lowest BCUT2D eigenvalue weighted by Gasteiger charge is -2.22. The van der Waals surface area contributed by atoms with Crippen LogP contribution in [0, 0.1) is 0 Å². The van der Waals surface area contributed by atoms with Gasteiger partial charge in [0.05, 0.1) is 0 Å². The summed E-state index contributed by atoms with van der Waals surface area (Å²) in [6, 6.07) is 0.534. The van der Waals surface area contributed by atoms with Gasteiger partial charge in [-0.1, -0.05) is 13.3 Å². The minimum Gasteiger partial charge on any atom is -0.329 e. The lowest BCUT2D eigenvalue weighted by Crippen LogP contribution is -2.35. The molecule has 0 heterocycles. The minimum absolute atomic E-state index is 0.534. The second-order valence-corrected chi connectivity index (χ2v) is 2.92. The normalized spacial score (nSPS) is 14.1. The number of hydrogen-bond donors (Lipinski definition) is 1. The Kier molecular flexibility index (Phi) is 5.64. The van der Waals surface area contributed by atoms with Crippen molar-refractivity contribution in [2.45, 2.75) is 32.7 Å². The molecule has 0 saturated heterocycles. The number of nitrogens with two attached hydrogens (primary N) is 1. The predicted octanol–water partition coefficient (Wildman–Crippen LogP) is 1.07. The Hall–Kier alpha value is -0.0800. The maximum absolute atomic E-state index is 5.50. The highest BCUT2D eigenvalue weighted by Gasteiger charge is 2.04.